The molecular formula is C8H9KN2O4S. The Balaban J connectivity index is 0.00000128. The third-order valence-electron chi connectivity index (χ3n) is 2.47. The molecule has 0 saturated carbocycles. The van der Waals surface area contributed by atoms with Crippen molar-refractivity contribution in [2.45, 2.75) is 11.4 Å². The summed E-state index contributed by atoms with van der Waals surface area (Å²) in [5, 5.41) is 19.5. The van der Waals surface area contributed by atoms with Gasteiger partial charge in [-0.1, -0.05) is 0 Å². The number of fused-ring (bicyclic) bond motifs is 1. The zero-order chi connectivity index (χ0) is 11.2. The molecule has 2 atom stereocenters. The number of nitrogens with two attached hydrogens (primary N) is 1. The van der Waals surface area contributed by atoms with E-state index < -0.39 is 17.9 Å². The van der Waals surface area contributed by atoms with Crippen molar-refractivity contribution in [3.63, 3.8) is 0 Å². The molecule has 8 heteroatoms. The van der Waals surface area contributed by atoms with Gasteiger partial charge in [0, 0.05) is 5.75 Å². The van der Waals surface area contributed by atoms with E-state index in [2.05, 4.69) is 0 Å². The molecule has 2 rings (SSSR count). The molecule has 82 valence electrons. The number of carboxylic acids is 1. The third-order valence-corrected chi connectivity index (χ3v) is 3.83. The Morgan fingerprint density at radius 2 is 2.31 bits per heavy atom. The quantitative estimate of drug-likeness (QED) is 0.382. The second kappa shape index (κ2) is 5.49. The van der Waals surface area contributed by atoms with Gasteiger partial charge in [-0.3, -0.25) is 9.69 Å². The standard InChI is InChI=1S/C8H10N2O4S.K/c9-4-6(12)10-5(8(13)14)3(1-11)2-15-7(4)10;/h4,7,11H,1-2,9H2,(H,13,14);/q;+1/p-1/t4?,7-;/m1./s1. The molecule has 0 aromatic rings. The predicted octanol–water partition coefficient (Wildman–Crippen LogP) is -5.77. The summed E-state index contributed by atoms with van der Waals surface area (Å²) in [4.78, 5) is 23.3. The minimum absolute atomic E-state index is 0. The van der Waals surface area contributed by atoms with Crippen LogP contribution in [-0.2, 0) is 9.59 Å². The molecule has 3 N–H and O–H groups in total. The smallest absolute Gasteiger partial charge is 0.543 e. The van der Waals surface area contributed by atoms with Crippen molar-refractivity contribution >= 4 is 23.6 Å². The summed E-state index contributed by atoms with van der Waals surface area (Å²) in [5.74, 6) is -1.51. The van der Waals surface area contributed by atoms with Crippen molar-refractivity contribution in [1.82, 2.24) is 4.90 Å². The molecule has 0 aliphatic carbocycles. The number of amides is 1. The maximum absolute atomic E-state index is 11.4. The van der Waals surface area contributed by atoms with E-state index in [9.17, 15) is 14.7 Å². The van der Waals surface area contributed by atoms with Crippen LogP contribution in [0.1, 0.15) is 0 Å². The number of aliphatic hydroxyl groups is 1. The zero-order valence-electron chi connectivity index (χ0n) is 8.67. The number of thioether (sulfide) groups is 1. The number of aliphatic hydroxyl groups excluding tert-OH is 1. The molecule has 0 spiro atoms. The normalized spacial score (nSPS) is 28.1. The Morgan fingerprint density at radius 1 is 1.69 bits per heavy atom. The van der Waals surface area contributed by atoms with Crippen molar-refractivity contribution < 1.29 is 71.2 Å². The van der Waals surface area contributed by atoms with Gasteiger partial charge in [-0.05, 0) is 5.57 Å². The number of carbonyl (C=O) groups is 2. The molecule has 0 radical (unpaired) electrons. The molecule has 2 aliphatic heterocycles. The maximum atomic E-state index is 11.4. The minimum Gasteiger partial charge on any atom is -0.543 e. The monoisotopic (exact) mass is 268 g/mol. The van der Waals surface area contributed by atoms with Gasteiger partial charge < -0.3 is 20.7 Å². The van der Waals surface area contributed by atoms with Crippen LogP contribution in [0.5, 0.6) is 0 Å². The van der Waals surface area contributed by atoms with E-state index in [4.69, 9.17) is 10.8 Å². The number of rotatable bonds is 2. The number of hydrogen-bond acceptors (Lipinski definition) is 6. The van der Waals surface area contributed by atoms with Crippen LogP contribution < -0.4 is 62.2 Å². The first-order valence-corrected chi connectivity index (χ1v) is 5.37. The first kappa shape index (κ1) is 14.6. The van der Waals surface area contributed by atoms with Gasteiger partial charge in [0.15, 0.2) is 0 Å². The van der Waals surface area contributed by atoms with Crippen LogP contribution in [0.3, 0.4) is 0 Å². The van der Waals surface area contributed by atoms with Gasteiger partial charge in [-0.25, -0.2) is 0 Å². The Hall–Kier alpha value is 0.586. The van der Waals surface area contributed by atoms with Gasteiger partial charge in [-0.15, -0.1) is 11.8 Å². The average Bonchev–Trinajstić information content (AvgIpc) is 2.25. The predicted molar refractivity (Wildman–Crippen MR) is 50.2 cm³/mol. The number of β-lactam (4-membered cyclic amide) rings is 1. The van der Waals surface area contributed by atoms with E-state index >= 15 is 0 Å². The summed E-state index contributed by atoms with van der Waals surface area (Å²) >= 11 is 1.35. The Morgan fingerprint density at radius 3 is 2.81 bits per heavy atom. The second-order valence-electron chi connectivity index (χ2n) is 3.33. The summed E-state index contributed by atoms with van der Waals surface area (Å²) in [6.45, 7) is -0.387. The van der Waals surface area contributed by atoms with E-state index in [0.717, 1.165) is 4.90 Å². The molecule has 0 aromatic carbocycles. The van der Waals surface area contributed by atoms with E-state index in [0.29, 0.717) is 11.3 Å². The molecule has 6 nitrogen and oxygen atoms in total. The van der Waals surface area contributed by atoms with Gasteiger partial charge in [-0.2, -0.15) is 0 Å². The summed E-state index contributed by atoms with van der Waals surface area (Å²) in [6, 6.07) is -0.649. The first-order valence-electron chi connectivity index (χ1n) is 4.32. The fraction of sp³-hybridized carbons (Fsp3) is 0.500. The first-order chi connectivity index (χ1) is 7.07. The maximum Gasteiger partial charge on any atom is 1.00 e. The SMILES string of the molecule is NC1C(=O)N2C(C(=O)[O-])=C(CO)CS[C@H]12.[K+]. The summed E-state index contributed by atoms with van der Waals surface area (Å²) in [5.41, 5.74) is 5.60. The van der Waals surface area contributed by atoms with Crippen molar-refractivity contribution in [1.29, 1.82) is 0 Å². The molecular weight excluding hydrogens is 259 g/mol. The van der Waals surface area contributed by atoms with Crippen LogP contribution >= 0.6 is 11.8 Å². The molecule has 2 aliphatic rings. The van der Waals surface area contributed by atoms with Crippen molar-refractivity contribution in [3.05, 3.63) is 11.3 Å². The summed E-state index contributed by atoms with van der Waals surface area (Å²) in [7, 11) is 0. The third kappa shape index (κ3) is 2.13. The fourth-order valence-corrected chi connectivity index (χ4v) is 2.97. The van der Waals surface area contributed by atoms with E-state index in [1.54, 1.807) is 0 Å². The van der Waals surface area contributed by atoms with Crippen molar-refractivity contribution in [2.24, 2.45) is 5.73 Å². The Labute approximate surface area is 139 Å². The van der Waals surface area contributed by atoms with E-state index in [1.807, 2.05) is 0 Å². The minimum atomic E-state index is -1.44. The van der Waals surface area contributed by atoms with Crippen LogP contribution in [0.25, 0.3) is 0 Å². The van der Waals surface area contributed by atoms with E-state index in [-0.39, 0.29) is 69.1 Å². The number of hydrogen-bond donors (Lipinski definition) is 2. The Bertz CT molecular complexity index is 373. The molecule has 1 unspecified atom stereocenters. The van der Waals surface area contributed by atoms with Crippen LogP contribution in [0.2, 0.25) is 0 Å². The molecule has 16 heavy (non-hydrogen) atoms. The van der Waals surface area contributed by atoms with Gasteiger partial charge in [0.1, 0.15) is 11.4 Å². The summed E-state index contributed by atoms with van der Waals surface area (Å²) in [6.07, 6.45) is 0. The van der Waals surface area contributed by atoms with Gasteiger partial charge in [0.2, 0.25) is 5.91 Å². The topological polar surface area (TPSA) is 107 Å². The van der Waals surface area contributed by atoms with Gasteiger partial charge in [0.25, 0.3) is 0 Å². The molecule has 1 fully saturated rings. The number of carbonyl (C=O) groups excluding carboxylic acids is 2. The second-order valence-corrected chi connectivity index (χ2v) is 4.44. The Kier molecular flexibility index (Phi) is 5.02. The van der Waals surface area contributed by atoms with Crippen molar-refractivity contribution in [2.75, 3.05) is 12.4 Å². The zero-order valence-corrected chi connectivity index (χ0v) is 12.6. The number of aliphatic carboxylic acids is 1. The van der Waals surface area contributed by atoms with Crippen LogP contribution in [0.15, 0.2) is 11.3 Å². The summed E-state index contributed by atoms with van der Waals surface area (Å²) < 4.78 is 0. The number of carboxylic acid groups (broad SMARTS) is 1. The molecule has 2 heterocycles. The van der Waals surface area contributed by atoms with Crippen molar-refractivity contribution in [3.8, 4) is 0 Å². The largest absolute Gasteiger partial charge is 1.00 e. The number of nitrogens with zero attached hydrogens (tertiary/aromatic N) is 1. The molecule has 1 saturated heterocycles. The van der Waals surface area contributed by atoms with E-state index in [1.165, 1.54) is 11.8 Å². The molecule has 0 aromatic heterocycles. The van der Waals surface area contributed by atoms with Gasteiger partial charge in [0.05, 0.1) is 18.3 Å². The average molecular weight is 268 g/mol. The van der Waals surface area contributed by atoms with Crippen LogP contribution in [-0.4, -0.2) is 45.7 Å². The molecule has 1 amide bonds. The fourth-order valence-electron chi connectivity index (χ4n) is 1.69. The van der Waals surface area contributed by atoms with Gasteiger partial charge >= 0.3 is 51.4 Å². The van der Waals surface area contributed by atoms with Crippen LogP contribution in [0.4, 0.5) is 0 Å². The van der Waals surface area contributed by atoms with Crippen LogP contribution in [0, 0.1) is 0 Å². The molecule has 0 bridgehead atoms.